The monoisotopic (exact) mass is 408 g/mol. The molecule has 2 rings (SSSR count). The number of sulfonamides is 1. The molecule has 0 unspecified atom stereocenters. The van der Waals surface area contributed by atoms with Crippen molar-refractivity contribution < 1.29 is 8.42 Å². The molecule has 8 heteroatoms. The minimum absolute atomic E-state index is 0.378. The number of halogens is 1. The molecule has 4 nitrogen and oxygen atoms in total. The van der Waals surface area contributed by atoms with Gasteiger partial charge in [0.2, 0.25) is 10.0 Å². The van der Waals surface area contributed by atoms with E-state index in [1.54, 1.807) is 17.4 Å². The van der Waals surface area contributed by atoms with Gasteiger partial charge in [-0.3, -0.25) is 0 Å². The molecule has 0 aliphatic carbocycles. The van der Waals surface area contributed by atoms with Crippen molar-refractivity contribution in [1.29, 1.82) is 0 Å². The summed E-state index contributed by atoms with van der Waals surface area (Å²) in [4.78, 5) is 1.16. The van der Waals surface area contributed by atoms with Crippen LogP contribution in [0.4, 0.5) is 0 Å². The van der Waals surface area contributed by atoms with Crippen molar-refractivity contribution in [2.24, 2.45) is 0 Å². The van der Waals surface area contributed by atoms with Gasteiger partial charge in [0.1, 0.15) is 4.21 Å². The van der Waals surface area contributed by atoms with Crippen molar-refractivity contribution in [3.05, 3.63) is 37.8 Å². The number of hydrogen-bond donors (Lipinski definition) is 2. The second-order valence-corrected chi connectivity index (χ2v) is 9.86. The normalized spacial score (nSPS) is 11.9. The molecule has 0 saturated heterocycles. The molecule has 0 bridgehead atoms. The van der Waals surface area contributed by atoms with Crippen molar-refractivity contribution >= 4 is 48.6 Å². The number of hydrogen-bond acceptors (Lipinski definition) is 5. The molecule has 0 aliphatic heterocycles. The second kappa shape index (κ2) is 7.85. The van der Waals surface area contributed by atoms with Gasteiger partial charge in [-0.25, -0.2) is 13.1 Å². The number of nitrogens with one attached hydrogen (secondary N) is 2. The van der Waals surface area contributed by atoms with E-state index in [-0.39, 0.29) is 0 Å². The second-order valence-electron chi connectivity index (χ2n) is 4.41. The zero-order chi connectivity index (χ0) is 15.3. The smallest absolute Gasteiger partial charge is 0.250 e. The van der Waals surface area contributed by atoms with E-state index in [2.05, 4.69) is 26.0 Å². The first-order valence-corrected chi connectivity index (χ1v) is 10.5. The third-order valence-corrected chi connectivity index (χ3v) is 7.40. The molecule has 0 spiro atoms. The van der Waals surface area contributed by atoms with Gasteiger partial charge in [0, 0.05) is 18.0 Å². The lowest BCUT2D eigenvalue weighted by Crippen LogP contribution is -2.25. The lowest BCUT2D eigenvalue weighted by molar-refractivity contribution is 0.584. The van der Waals surface area contributed by atoms with Crippen LogP contribution in [0.5, 0.6) is 0 Å². The van der Waals surface area contributed by atoms with Crippen LogP contribution in [-0.4, -0.2) is 21.5 Å². The highest BCUT2D eigenvalue weighted by molar-refractivity contribution is 9.11. The molecule has 0 aromatic carbocycles. The number of rotatable bonds is 8. The van der Waals surface area contributed by atoms with Gasteiger partial charge in [-0.1, -0.05) is 6.92 Å². The summed E-state index contributed by atoms with van der Waals surface area (Å²) in [6, 6.07) is 5.71. The van der Waals surface area contributed by atoms with Gasteiger partial charge >= 0.3 is 0 Å². The maximum absolute atomic E-state index is 12.2. The Morgan fingerprint density at radius 1 is 1.33 bits per heavy atom. The Morgan fingerprint density at radius 3 is 2.81 bits per heavy atom. The van der Waals surface area contributed by atoms with Gasteiger partial charge < -0.3 is 5.32 Å². The molecule has 2 aromatic rings. The summed E-state index contributed by atoms with van der Waals surface area (Å²) in [5, 5.41) is 5.07. The van der Waals surface area contributed by atoms with Crippen LogP contribution in [0.3, 0.4) is 0 Å². The van der Waals surface area contributed by atoms with E-state index in [4.69, 9.17) is 0 Å². The van der Waals surface area contributed by atoms with E-state index in [1.165, 1.54) is 11.3 Å². The summed E-state index contributed by atoms with van der Waals surface area (Å²) >= 11 is 6.28. The first-order valence-electron chi connectivity index (χ1n) is 6.53. The van der Waals surface area contributed by atoms with Crippen LogP contribution in [0.15, 0.2) is 31.6 Å². The molecule has 21 heavy (non-hydrogen) atoms. The highest BCUT2D eigenvalue weighted by Crippen LogP contribution is 2.23. The van der Waals surface area contributed by atoms with E-state index in [0.717, 1.165) is 20.8 Å². The topological polar surface area (TPSA) is 58.2 Å². The zero-order valence-electron chi connectivity index (χ0n) is 11.6. The molecule has 0 aliphatic rings. The summed E-state index contributed by atoms with van der Waals surface area (Å²) in [6.45, 7) is 4.00. The lowest BCUT2D eigenvalue weighted by Gasteiger charge is -2.03. The average molecular weight is 409 g/mol. The lowest BCUT2D eigenvalue weighted by atomic mass is 10.3. The summed E-state index contributed by atoms with van der Waals surface area (Å²) in [6.07, 6.45) is 0.700. The van der Waals surface area contributed by atoms with Gasteiger partial charge in [0.25, 0.3) is 0 Å². The van der Waals surface area contributed by atoms with E-state index in [0.29, 0.717) is 23.7 Å². The zero-order valence-corrected chi connectivity index (χ0v) is 15.6. The van der Waals surface area contributed by atoms with Crippen molar-refractivity contribution in [2.45, 2.75) is 24.1 Å². The van der Waals surface area contributed by atoms with E-state index < -0.39 is 10.0 Å². The highest BCUT2D eigenvalue weighted by atomic mass is 79.9. The van der Waals surface area contributed by atoms with Crippen molar-refractivity contribution in [3.63, 3.8) is 0 Å². The predicted octanol–water partition coefficient (Wildman–Crippen LogP) is 3.20. The van der Waals surface area contributed by atoms with Gasteiger partial charge in [0.15, 0.2) is 0 Å². The molecule has 2 aromatic heterocycles. The minimum atomic E-state index is -3.39. The molecule has 0 radical (unpaired) electrons. The fraction of sp³-hybridized carbons (Fsp3) is 0.385. The van der Waals surface area contributed by atoms with Crippen LogP contribution in [0.1, 0.15) is 17.4 Å². The molecule has 0 saturated carbocycles. The Bertz CT molecular complexity index is 679. The Morgan fingerprint density at radius 2 is 2.14 bits per heavy atom. The molecular formula is C13H17BrN2O2S3. The summed E-state index contributed by atoms with van der Waals surface area (Å²) in [5.74, 6) is 0. The maximum Gasteiger partial charge on any atom is 0.250 e. The molecule has 2 N–H and O–H groups in total. The van der Waals surface area contributed by atoms with Crippen LogP contribution in [-0.2, 0) is 23.0 Å². The fourth-order valence-electron chi connectivity index (χ4n) is 1.72. The summed E-state index contributed by atoms with van der Waals surface area (Å²) in [7, 11) is -3.39. The third kappa shape index (κ3) is 5.15. The van der Waals surface area contributed by atoms with Gasteiger partial charge in [-0.15, -0.1) is 22.7 Å². The van der Waals surface area contributed by atoms with Gasteiger partial charge in [-0.2, -0.15) is 0 Å². The summed E-state index contributed by atoms with van der Waals surface area (Å²) in [5.41, 5.74) is 1.00. The Kier molecular flexibility index (Phi) is 6.39. The van der Waals surface area contributed by atoms with Crippen LogP contribution in [0, 0.1) is 0 Å². The fourth-order valence-corrected chi connectivity index (χ4v) is 5.49. The van der Waals surface area contributed by atoms with Crippen LogP contribution < -0.4 is 10.0 Å². The SMILES string of the molecule is CCNCc1csc(S(=O)(=O)NCCc2ccc(Br)s2)c1. The minimum Gasteiger partial charge on any atom is -0.313 e. The Hall–Kier alpha value is -0.250. The van der Waals surface area contributed by atoms with Crippen molar-refractivity contribution in [2.75, 3.05) is 13.1 Å². The summed E-state index contributed by atoms with van der Waals surface area (Å²) < 4.78 is 28.5. The number of thiophene rings is 2. The average Bonchev–Trinajstić information content (AvgIpc) is 3.06. The Balaban J connectivity index is 1.90. The molecular weight excluding hydrogens is 392 g/mol. The quantitative estimate of drug-likeness (QED) is 0.704. The largest absolute Gasteiger partial charge is 0.313 e. The molecule has 0 amide bonds. The van der Waals surface area contributed by atoms with Crippen LogP contribution in [0.25, 0.3) is 0 Å². The van der Waals surface area contributed by atoms with Crippen LogP contribution in [0.2, 0.25) is 0 Å². The molecule has 2 heterocycles. The van der Waals surface area contributed by atoms with E-state index in [1.807, 2.05) is 24.4 Å². The van der Waals surface area contributed by atoms with E-state index in [9.17, 15) is 8.42 Å². The standard InChI is InChI=1S/C13H17BrN2O2S3/c1-2-15-8-10-7-13(19-9-10)21(17,18)16-6-5-11-3-4-12(14)20-11/h3-4,7,9,15-16H,2,5-6,8H2,1H3. The third-order valence-electron chi connectivity index (χ3n) is 2.77. The molecule has 116 valence electrons. The van der Waals surface area contributed by atoms with Crippen molar-refractivity contribution in [3.8, 4) is 0 Å². The first-order chi connectivity index (χ1) is 10.0. The van der Waals surface area contributed by atoms with Crippen molar-refractivity contribution in [1.82, 2.24) is 10.0 Å². The van der Waals surface area contributed by atoms with Gasteiger partial charge in [-0.05, 0) is 58.0 Å². The molecule has 0 atom stereocenters. The predicted molar refractivity (Wildman–Crippen MR) is 92.6 cm³/mol. The highest BCUT2D eigenvalue weighted by Gasteiger charge is 2.16. The Labute approximate surface area is 141 Å². The van der Waals surface area contributed by atoms with E-state index >= 15 is 0 Å². The maximum atomic E-state index is 12.2. The first kappa shape index (κ1) is 17.1. The van der Waals surface area contributed by atoms with Gasteiger partial charge in [0.05, 0.1) is 3.79 Å². The molecule has 0 fully saturated rings. The van der Waals surface area contributed by atoms with Crippen LogP contribution >= 0.6 is 38.6 Å².